The van der Waals surface area contributed by atoms with Gasteiger partial charge in [0.1, 0.15) is 16.5 Å². The number of aromatic nitrogens is 3. The molecular formula is C18H13FN4S. The zero-order valence-corrected chi connectivity index (χ0v) is 13.6. The van der Waals surface area contributed by atoms with E-state index in [0.717, 1.165) is 26.3 Å². The molecule has 0 saturated carbocycles. The van der Waals surface area contributed by atoms with Crippen LogP contribution in [0.4, 0.5) is 15.9 Å². The number of pyridine rings is 1. The molecule has 0 bridgehead atoms. The van der Waals surface area contributed by atoms with Crippen molar-refractivity contribution in [1.29, 1.82) is 0 Å². The molecule has 24 heavy (non-hydrogen) atoms. The number of hydrogen-bond acceptors (Lipinski definition) is 5. The van der Waals surface area contributed by atoms with Gasteiger partial charge in [-0.25, -0.2) is 14.4 Å². The van der Waals surface area contributed by atoms with Crippen LogP contribution in [0.5, 0.6) is 0 Å². The fourth-order valence-electron chi connectivity index (χ4n) is 2.43. The van der Waals surface area contributed by atoms with Gasteiger partial charge in [0.25, 0.3) is 0 Å². The molecule has 0 aliphatic carbocycles. The van der Waals surface area contributed by atoms with Crippen LogP contribution in [0, 0.1) is 12.7 Å². The highest BCUT2D eigenvalue weighted by molar-refractivity contribution is 7.18. The third-order valence-electron chi connectivity index (χ3n) is 3.54. The maximum atomic E-state index is 13.1. The molecule has 118 valence electrons. The molecule has 3 aromatic heterocycles. The molecule has 0 radical (unpaired) electrons. The number of anilines is 2. The lowest BCUT2D eigenvalue weighted by molar-refractivity contribution is 0.628. The number of hydrogen-bond donors (Lipinski definition) is 1. The Labute approximate surface area is 142 Å². The summed E-state index contributed by atoms with van der Waals surface area (Å²) in [5.74, 6) is 1.05. The first-order chi connectivity index (χ1) is 11.7. The van der Waals surface area contributed by atoms with Gasteiger partial charge < -0.3 is 5.32 Å². The van der Waals surface area contributed by atoms with Crippen LogP contribution in [0.1, 0.15) is 4.88 Å². The molecule has 1 aromatic carbocycles. The largest absolute Gasteiger partial charge is 0.340 e. The second-order valence-electron chi connectivity index (χ2n) is 5.35. The van der Waals surface area contributed by atoms with Crippen LogP contribution in [0.25, 0.3) is 21.6 Å². The molecule has 0 atom stereocenters. The summed E-state index contributed by atoms with van der Waals surface area (Å²) in [7, 11) is 0. The molecule has 1 N–H and O–H groups in total. The smallest absolute Gasteiger partial charge is 0.164 e. The lowest BCUT2D eigenvalue weighted by Crippen LogP contribution is -1.98. The number of rotatable bonds is 3. The Morgan fingerprint density at radius 1 is 1.08 bits per heavy atom. The van der Waals surface area contributed by atoms with Crippen molar-refractivity contribution in [3.8, 4) is 11.4 Å². The molecule has 0 aliphatic rings. The average Bonchev–Trinajstić information content (AvgIpc) is 2.98. The number of halogens is 1. The van der Waals surface area contributed by atoms with E-state index in [1.165, 1.54) is 12.1 Å². The molecule has 0 unspecified atom stereocenters. The monoisotopic (exact) mass is 336 g/mol. The van der Waals surface area contributed by atoms with E-state index >= 15 is 0 Å². The molecule has 0 fully saturated rings. The molecular weight excluding hydrogens is 323 g/mol. The number of benzene rings is 1. The minimum absolute atomic E-state index is 0.268. The maximum absolute atomic E-state index is 13.1. The second kappa shape index (κ2) is 5.98. The predicted molar refractivity (Wildman–Crippen MR) is 95.1 cm³/mol. The number of nitrogens with zero attached hydrogens (tertiary/aromatic N) is 3. The van der Waals surface area contributed by atoms with Gasteiger partial charge in [0.15, 0.2) is 5.82 Å². The Hall–Kier alpha value is -2.86. The second-order valence-corrected chi connectivity index (χ2v) is 6.58. The van der Waals surface area contributed by atoms with Gasteiger partial charge in [-0.3, -0.25) is 4.98 Å². The van der Waals surface area contributed by atoms with Gasteiger partial charge in [0.2, 0.25) is 0 Å². The van der Waals surface area contributed by atoms with Gasteiger partial charge in [-0.15, -0.1) is 11.3 Å². The molecule has 0 aliphatic heterocycles. The van der Waals surface area contributed by atoms with Crippen LogP contribution in [0.2, 0.25) is 0 Å². The molecule has 4 rings (SSSR count). The summed E-state index contributed by atoms with van der Waals surface area (Å²) in [4.78, 5) is 15.5. The van der Waals surface area contributed by atoms with E-state index in [1.54, 1.807) is 35.9 Å². The van der Waals surface area contributed by atoms with Crippen molar-refractivity contribution in [2.24, 2.45) is 0 Å². The van der Waals surface area contributed by atoms with Crippen molar-refractivity contribution >= 4 is 33.1 Å². The number of aryl methyl sites for hydroxylation is 1. The first-order valence-electron chi connectivity index (χ1n) is 7.40. The number of fused-ring (bicyclic) bond motifs is 1. The van der Waals surface area contributed by atoms with E-state index < -0.39 is 0 Å². The highest BCUT2D eigenvalue weighted by Gasteiger charge is 2.12. The summed E-state index contributed by atoms with van der Waals surface area (Å²) in [6.07, 6.45) is 3.46. The molecule has 4 aromatic rings. The van der Waals surface area contributed by atoms with E-state index in [2.05, 4.69) is 26.3 Å². The zero-order chi connectivity index (χ0) is 16.5. The van der Waals surface area contributed by atoms with Gasteiger partial charge >= 0.3 is 0 Å². The van der Waals surface area contributed by atoms with Gasteiger partial charge in [-0.05, 0) is 49.4 Å². The Bertz CT molecular complexity index is 997. The van der Waals surface area contributed by atoms with Crippen LogP contribution >= 0.6 is 11.3 Å². The summed E-state index contributed by atoms with van der Waals surface area (Å²) in [6, 6.07) is 12.0. The summed E-state index contributed by atoms with van der Waals surface area (Å²) in [6.45, 7) is 2.04. The predicted octanol–water partition coefficient (Wildman–Crippen LogP) is 4.94. The normalized spacial score (nSPS) is 10.9. The molecule has 0 amide bonds. The van der Waals surface area contributed by atoms with Gasteiger partial charge in [-0.2, -0.15) is 0 Å². The topological polar surface area (TPSA) is 50.7 Å². The van der Waals surface area contributed by atoms with Gasteiger partial charge in [0, 0.05) is 28.5 Å². The van der Waals surface area contributed by atoms with Gasteiger partial charge in [0.05, 0.1) is 5.39 Å². The van der Waals surface area contributed by atoms with Crippen LogP contribution in [-0.2, 0) is 0 Å². The van der Waals surface area contributed by atoms with E-state index in [9.17, 15) is 4.39 Å². The molecule has 0 spiro atoms. The molecule has 4 nitrogen and oxygen atoms in total. The highest BCUT2D eigenvalue weighted by Crippen LogP contribution is 2.32. The van der Waals surface area contributed by atoms with Gasteiger partial charge in [-0.1, -0.05) is 0 Å². The van der Waals surface area contributed by atoms with Crippen LogP contribution in [0.3, 0.4) is 0 Å². The molecule has 0 saturated heterocycles. The summed E-state index contributed by atoms with van der Waals surface area (Å²) in [5.41, 5.74) is 1.63. The maximum Gasteiger partial charge on any atom is 0.164 e. The first kappa shape index (κ1) is 14.7. The Kier molecular flexibility index (Phi) is 3.66. The van der Waals surface area contributed by atoms with Crippen LogP contribution < -0.4 is 5.32 Å². The zero-order valence-electron chi connectivity index (χ0n) is 12.8. The fourth-order valence-corrected chi connectivity index (χ4v) is 3.31. The molecule has 3 heterocycles. The lowest BCUT2D eigenvalue weighted by atomic mass is 10.2. The Morgan fingerprint density at radius 2 is 1.92 bits per heavy atom. The summed E-state index contributed by atoms with van der Waals surface area (Å²) in [5, 5.41) is 4.22. The number of thiophene rings is 1. The fraction of sp³-hybridized carbons (Fsp3) is 0.0556. The number of nitrogens with one attached hydrogen (secondary N) is 1. The molecule has 6 heteroatoms. The third kappa shape index (κ3) is 2.83. The van der Waals surface area contributed by atoms with Crippen molar-refractivity contribution < 1.29 is 4.39 Å². The SMILES string of the molecule is Cc1cc2c(Nc3ccc(F)cc3)nc(-c3cccnc3)nc2s1. The minimum Gasteiger partial charge on any atom is -0.340 e. The van der Waals surface area contributed by atoms with Crippen molar-refractivity contribution in [1.82, 2.24) is 15.0 Å². The summed E-state index contributed by atoms with van der Waals surface area (Å²) < 4.78 is 13.1. The minimum atomic E-state index is -0.268. The van der Waals surface area contributed by atoms with Crippen molar-refractivity contribution in [3.63, 3.8) is 0 Å². The Morgan fingerprint density at radius 3 is 2.67 bits per heavy atom. The third-order valence-corrected chi connectivity index (χ3v) is 4.49. The Balaban J connectivity index is 1.84. The van der Waals surface area contributed by atoms with E-state index in [-0.39, 0.29) is 5.82 Å². The van der Waals surface area contributed by atoms with Crippen molar-refractivity contribution in [3.05, 3.63) is 65.6 Å². The van der Waals surface area contributed by atoms with Crippen LogP contribution in [-0.4, -0.2) is 15.0 Å². The van der Waals surface area contributed by atoms with Crippen molar-refractivity contribution in [2.45, 2.75) is 6.92 Å². The average molecular weight is 336 g/mol. The van der Waals surface area contributed by atoms with Crippen molar-refractivity contribution in [2.75, 3.05) is 5.32 Å². The van der Waals surface area contributed by atoms with Crippen LogP contribution in [0.15, 0.2) is 54.9 Å². The van der Waals surface area contributed by atoms with E-state index in [0.29, 0.717) is 11.6 Å². The summed E-state index contributed by atoms with van der Waals surface area (Å²) >= 11 is 1.62. The van der Waals surface area contributed by atoms with E-state index in [1.807, 2.05) is 19.1 Å². The lowest BCUT2D eigenvalue weighted by Gasteiger charge is -2.09. The first-order valence-corrected chi connectivity index (χ1v) is 8.22. The quantitative estimate of drug-likeness (QED) is 0.575. The standard InChI is InChI=1S/C18H13FN4S/c1-11-9-15-17(21-14-6-4-13(19)5-7-14)22-16(23-18(15)24-11)12-3-2-8-20-10-12/h2-10H,1H3,(H,21,22,23). The van der Waals surface area contributed by atoms with E-state index in [4.69, 9.17) is 0 Å². The highest BCUT2D eigenvalue weighted by atomic mass is 32.1.